The number of amides is 2. The summed E-state index contributed by atoms with van der Waals surface area (Å²) in [6.07, 6.45) is 2.77. The summed E-state index contributed by atoms with van der Waals surface area (Å²) in [4.78, 5) is 37.4. The predicted molar refractivity (Wildman–Crippen MR) is 140 cm³/mol. The summed E-state index contributed by atoms with van der Waals surface area (Å²) in [7, 11) is 1.43. The Balaban J connectivity index is 1.33. The summed E-state index contributed by atoms with van der Waals surface area (Å²) in [5.41, 5.74) is 4.61. The molecule has 0 atom stereocenters. The third-order valence-electron chi connectivity index (χ3n) is 5.47. The molecule has 0 aliphatic carbocycles. The number of esters is 1. The number of carbonyl (C=O) groups is 3. The Morgan fingerprint density at radius 1 is 0.895 bits per heavy atom. The van der Waals surface area contributed by atoms with Crippen LogP contribution in [0.2, 0.25) is 0 Å². The van der Waals surface area contributed by atoms with Gasteiger partial charge in [0.15, 0.2) is 11.5 Å². The number of carbonyl (C=O) groups excluding carboxylic acids is 3. The van der Waals surface area contributed by atoms with Gasteiger partial charge < -0.3 is 19.2 Å². The minimum atomic E-state index is -0.661. The van der Waals surface area contributed by atoms with Gasteiger partial charge in [0.1, 0.15) is 0 Å². The Labute approximate surface area is 219 Å². The highest BCUT2D eigenvalue weighted by Crippen LogP contribution is 2.28. The first-order chi connectivity index (χ1) is 18.5. The van der Waals surface area contributed by atoms with E-state index in [4.69, 9.17) is 13.9 Å². The van der Waals surface area contributed by atoms with Crippen molar-refractivity contribution in [1.82, 2.24) is 10.7 Å². The SMILES string of the molecule is COc1cc(/C=N\NC(=O)CNC(=O)C(c2ccccc2)c2ccccc2)ccc1OC(=O)c1ccco1. The normalized spacial score (nSPS) is 10.8. The number of nitrogens with zero attached hydrogens (tertiary/aromatic N) is 1. The second-order valence-corrected chi connectivity index (χ2v) is 8.04. The van der Waals surface area contributed by atoms with Crippen molar-refractivity contribution in [2.24, 2.45) is 5.10 Å². The largest absolute Gasteiger partial charge is 0.493 e. The molecule has 0 aliphatic rings. The van der Waals surface area contributed by atoms with Crippen LogP contribution in [0, 0.1) is 0 Å². The molecular weight excluding hydrogens is 486 g/mol. The van der Waals surface area contributed by atoms with Gasteiger partial charge in [-0.3, -0.25) is 9.59 Å². The quantitative estimate of drug-likeness (QED) is 0.144. The zero-order valence-electron chi connectivity index (χ0n) is 20.5. The average molecular weight is 512 g/mol. The fourth-order valence-electron chi connectivity index (χ4n) is 3.67. The van der Waals surface area contributed by atoms with E-state index in [1.165, 1.54) is 31.7 Å². The molecule has 0 fully saturated rings. The topological polar surface area (TPSA) is 119 Å². The lowest BCUT2D eigenvalue weighted by Crippen LogP contribution is -2.37. The van der Waals surface area contributed by atoms with Crippen LogP contribution in [-0.4, -0.2) is 37.7 Å². The molecule has 4 aromatic rings. The van der Waals surface area contributed by atoms with Crippen LogP contribution >= 0.6 is 0 Å². The number of ether oxygens (including phenoxy) is 2. The second kappa shape index (κ2) is 12.7. The van der Waals surface area contributed by atoms with Gasteiger partial charge in [0.25, 0.3) is 5.91 Å². The number of nitrogens with one attached hydrogen (secondary N) is 2. The highest BCUT2D eigenvalue weighted by atomic mass is 16.6. The number of hydrazone groups is 1. The molecule has 0 unspecified atom stereocenters. The van der Waals surface area contributed by atoms with E-state index in [1.54, 1.807) is 18.2 Å². The molecule has 38 heavy (non-hydrogen) atoms. The molecule has 0 aliphatic heterocycles. The third-order valence-corrected chi connectivity index (χ3v) is 5.47. The molecule has 9 heteroatoms. The number of benzene rings is 3. The van der Waals surface area contributed by atoms with E-state index in [1.807, 2.05) is 60.7 Å². The predicted octanol–water partition coefficient (Wildman–Crippen LogP) is 3.91. The molecule has 4 rings (SSSR count). The lowest BCUT2D eigenvalue weighted by Gasteiger charge is -2.17. The van der Waals surface area contributed by atoms with Crippen molar-refractivity contribution in [1.29, 1.82) is 0 Å². The number of methoxy groups -OCH3 is 1. The Bertz CT molecular complexity index is 1360. The maximum absolute atomic E-state index is 13.0. The second-order valence-electron chi connectivity index (χ2n) is 8.04. The van der Waals surface area contributed by atoms with Gasteiger partial charge in [-0.1, -0.05) is 60.7 Å². The molecule has 0 saturated heterocycles. The molecule has 0 bridgehead atoms. The van der Waals surface area contributed by atoms with Gasteiger partial charge in [-0.25, -0.2) is 10.2 Å². The molecule has 1 aromatic heterocycles. The molecule has 2 N–H and O–H groups in total. The van der Waals surface area contributed by atoms with Crippen molar-refractivity contribution in [3.63, 3.8) is 0 Å². The smallest absolute Gasteiger partial charge is 0.379 e. The summed E-state index contributed by atoms with van der Waals surface area (Å²) in [5, 5.41) is 6.62. The van der Waals surface area contributed by atoms with Crippen molar-refractivity contribution < 1.29 is 28.3 Å². The van der Waals surface area contributed by atoms with Crippen LogP contribution in [0.5, 0.6) is 11.5 Å². The van der Waals surface area contributed by atoms with Gasteiger partial charge >= 0.3 is 5.97 Å². The highest BCUT2D eigenvalue weighted by Gasteiger charge is 2.22. The first kappa shape index (κ1) is 25.9. The summed E-state index contributed by atoms with van der Waals surface area (Å²) in [6.45, 7) is -0.253. The number of hydrogen-bond donors (Lipinski definition) is 2. The highest BCUT2D eigenvalue weighted by molar-refractivity contribution is 5.91. The van der Waals surface area contributed by atoms with E-state index in [-0.39, 0.29) is 24.0 Å². The van der Waals surface area contributed by atoms with Gasteiger partial charge in [-0.2, -0.15) is 5.10 Å². The fraction of sp³-hybridized carbons (Fsp3) is 0.103. The van der Waals surface area contributed by atoms with Crippen LogP contribution in [0.4, 0.5) is 0 Å². The minimum Gasteiger partial charge on any atom is -0.493 e. The first-order valence-electron chi connectivity index (χ1n) is 11.7. The standard InChI is InChI=1S/C29H25N3O6/c1-36-25-17-20(14-15-23(25)38-29(35)24-13-8-16-37-24)18-31-32-26(33)19-30-28(34)27(21-9-4-2-5-10-21)22-11-6-3-7-12-22/h2-18,27H,19H2,1H3,(H,30,34)(H,32,33)/b31-18-. The van der Waals surface area contributed by atoms with Gasteiger partial charge in [0.05, 0.1) is 32.1 Å². The summed E-state index contributed by atoms with van der Waals surface area (Å²) in [6, 6.07) is 26.6. The van der Waals surface area contributed by atoms with E-state index in [0.717, 1.165) is 11.1 Å². The van der Waals surface area contributed by atoms with Crippen LogP contribution in [-0.2, 0) is 9.59 Å². The zero-order chi connectivity index (χ0) is 26.7. The molecule has 0 radical (unpaired) electrons. The number of hydrogen-bond acceptors (Lipinski definition) is 7. The van der Waals surface area contributed by atoms with Crippen LogP contribution in [0.25, 0.3) is 0 Å². The van der Waals surface area contributed by atoms with Crippen LogP contribution in [0.15, 0.2) is 107 Å². The molecule has 0 saturated carbocycles. The fourth-order valence-corrected chi connectivity index (χ4v) is 3.67. The van der Waals surface area contributed by atoms with Gasteiger partial charge in [0.2, 0.25) is 11.7 Å². The van der Waals surface area contributed by atoms with Crippen LogP contribution in [0.3, 0.4) is 0 Å². The van der Waals surface area contributed by atoms with Gasteiger partial charge in [-0.15, -0.1) is 0 Å². The Hall–Kier alpha value is -5.18. The molecule has 3 aromatic carbocycles. The average Bonchev–Trinajstić information content (AvgIpc) is 3.49. The van der Waals surface area contributed by atoms with Crippen LogP contribution in [0.1, 0.15) is 33.2 Å². The number of furan rings is 1. The third kappa shape index (κ3) is 6.73. The summed E-state index contributed by atoms with van der Waals surface area (Å²) < 4.78 is 15.6. The van der Waals surface area contributed by atoms with Crippen molar-refractivity contribution in [2.45, 2.75) is 5.92 Å². The van der Waals surface area contributed by atoms with Gasteiger partial charge in [0, 0.05) is 0 Å². The Morgan fingerprint density at radius 3 is 2.18 bits per heavy atom. The Morgan fingerprint density at radius 2 is 1.58 bits per heavy atom. The van der Waals surface area contributed by atoms with Crippen molar-refractivity contribution in [3.8, 4) is 11.5 Å². The maximum atomic E-state index is 13.0. The van der Waals surface area contributed by atoms with E-state index >= 15 is 0 Å². The van der Waals surface area contributed by atoms with E-state index in [9.17, 15) is 14.4 Å². The van der Waals surface area contributed by atoms with Crippen LogP contribution < -0.4 is 20.2 Å². The lowest BCUT2D eigenvalue weighted by molar-refractivity contribution is -0.126. The molecule has 9 nitrogen and oxygen atoms in total. The maximum Gasteiger partial charge on any atom is 0.379 e. The minimum absolute atomic E-state index is 0.0614. The van der Waals surface area contributed by atoms with Gasteiger partial charge in [-0.05, 0) is 47.0 Å². The molecular formula is C29H25N3O6. The van der Waals surface area contributed by atoms with E-state index in [0.29, 0.717) is 11.3 Å². The van der Waals surface area contributed by atoms with Crippen molar-refractivity contribution >= 4 is 24.0 Å². The van der Waals surface area contributed by atoms with E-state index < -0.39 is 17.8 Å². The molecule has 2 amide bonds. The number of rotatable bonds is 10. The molecule has 0 spiro atoms. The summed E-state index contributed by atoms with van der Waals surface area (Å²) >= 11 is 0. The Kier molecular flexibility index (Phi) is 8.64. The monoisotopic (exact) mass is 511 g/mol. The summed E-state index contributed by atoms with van der Waals surface area (Å²) in [5.74, 6) is -1.46. The molecule has 192 valence electrons. The van der Waals surface area contributed by atoms with E-state index in [2.05, 4.69) is 15.8 Å². The lowest BCUT2D eigenvalue weighted by atomic mass is 9.90. The zero-order valence-corrected chi connectivity index (χ0v) is 20.5. The van der Waals surface area contributed by atoms with Crippen molar-refractivity contribution in [2.75, 3.05) is 13.7 Å². The first-order valence-corrected chi connectivity index (χ1v) is 11.7. The van der Waals surface area contributed by atoms with Crippen molar-refractivity contribution in [3.05, 3.63) is 120 Å². The molecule has 1 heterocycles.